The van der Waals surface area contributed by atoms with E-state index in [1.54, 1.807) is 0 Å². The molecule has 3 heteroatoms. The standard InChI is InChI=1S/C64H62N2S/c1-61(2,3)43-21-25-55-49(35-43)50-36-44(62(4,5)6)22-26-56(50)65(55)47-17-13-15-39(31-47)41-19-29-59-53(33-41)54-34-42(20-30-60(54)67-59)40-16-14-18-48(32-40)66-57-27-23-45(63(7,8)9)37-51(57)52-38-46(64(10,11)12)24-28-58(52)66/h13-38H,1-12H3. The number of benzene rings is 8. The van der Waals surface area contributed by atoms with E-state index in [9.17, 15) is 0 Å². The molecule has 0 amide bonds. The number of thiophene rings is 1. The Morgan fingerprint density at radius 2 is 0.582 bits per heavy atom. The summed E-state index contributed by atoms with van der Waals surface area (Å²) in [5.74, 6) is 0. The van der Waals surface area contributed by atoms with Gasteiger partial charge in [0.15, 0.2) is 0 Å². The fourth-order valence-electron chi connectivity index (χ4n) is 10.3. The summed E-state index contributed by atoms with van der Waals surface area (Å²) in [6.07, 6.45) is 0. The number of rotatable bonds is 4. The molecule has 8 aromatic carbocycles. The predicted octanol–water partition coefficient (Wildman–Crippen LogP) is 18.8. The lowest BCUT2D eigenvalue weighted by Gasteiger charge is -2.19. The lowest BCUT2D eigenvalue weighted by molar-refractivity contribution is 0.590. The van der Waals surface area contributed by atoms with Crippen molar-refractivity contribution in [3.63, 3.8) is 0 Å². The van der Waals surface area contributed by atoms with E-state index in [0.717, 1.165) is 0 Å². The van der Waals surface area contributed by atoms with Crippen LogP contribution >= 0.6 is 11.3 Å². The van der Waals surface area contributed by atoms with Gasteiger partial charge in [0, 0.05) is 53.1 Å². The number of nitrogens with zero attached hydrogens (tertiary/aromatic N) is 2. The van der Waals surface area contributed by atoms with Crippen molar-refractivity contribution in [3.8, 4) is 33.6 Å². The number of aromatic nitrogens is 2. The third-order valence-electron chi connectivity index (χ3n) is 14.3. The van der Waals surface area contributed by atoms with Crippen LogP contribution in [0.3, 0.4) is 0 Å². The molecule has 0 saturated carbocycles. The minimum atomic E-state index is 0.0565. The van der Waals surface area contributed by atoms with Gasteiger partial charge < -0.3 is 9.13 Å². The van der Waals surface area contributed by atoms with Gasteiger partial charge in [0.25, 0.3) is 0 Å². The first-order valence-electron chi connectivity index (χ1n) is 24.1. The van der Waals surface area contributed by atoms with E-state index < -0.39 is 0 Å². The second-order valence-corrected chi connectivity index (χ2v) is 24.3. The van der Waals surface area contributed by atoms with Gasteiger partial charge >= 0.3 is 0 Å². The zero-order valence-electron chi connectivity index (χ0n) is 41.3. The molecule has 2 nitrogen and oxygen atoms in total. The smallest absolute Gasteiger partial charge is 0.0541 e. The molecule has 0 saturated heterocycles. The highest BCUT2D eigenvalue weighted by molar-refractivity contribution is 7.25. The predicted molar refractivity (Wildman–Crippen MR) is 294 cm³/mol. The van der Waals surface area contributed by atoms with E-state index in [1.807, 2.05) is 11.3 Å². The summed E-state index contributed by atoms with van der Waals surface area (Å²) in [6.45, 7) is 27.7. The average Bonchev–Trinajstić information content (AvgIpc) is 3.94. The summed E-state index contributed by atoms with van der Waals surface area (Å²) in [6, 6.07) is 60.7. The van der Waals surface area contributed by atoms with Crippen LogP contribution in [-0.4, -0.2) is 9.13 Å². The first-order valence-corrected chi connectivity index (χ1v) is 24.9. The van der Waals surface area contributed by atoms with Gasteiger partial charge in [-0.1, -0.05) is 144 Å². The highest BCUT2D eigenvalue weighted by Crippen LogP contribution is 2.43. The fourth-order valence-corrected chi connectivity index (χ4v) is 11.3. The molecular weight excluding hydrogens is 829 g/mol. The van der Waals surface area contributed by atoms with Crippen LogP contribution in [0.1, 0.15) is 105 Å². The molecule has 334 valence electrons. The molecule has 11 rings (SSSR count). The second-order valence-electron chi connectivity index (χ2n) is 23.2. The van der Waals surface area contributed by atoms with Gasteiger partial charge in [-0.05, 0) is 163 Å². The lowest BCUT2D eigenvalue weighted by atomic mass is 9.85. The molecule has 0 aliphatic carbocycles. The molecule has 0 aliphatic rings. The third-order valence-corrected chi connectivity index (χ3v) is 15.5. The van der Waals surface area contributed by atoms with Gasteiger partial charge in [-0.25, -0.2) is 0 Å². The van der Waals surface area contributed by atoms with Gasteiger partial charge in [0.2, 0.25) is 0 Å². The number of fused-ring (bicyclic) bond motifs is 9. The first-order chi connectivity index (χ1) is 31.7. The van der Waals surface area contributed by atoms with Crippen molar-refractivity contribution < 1.29 is 0 Å². The maximum absolute atomic E-state index is 2.47. The Morgan fingerprint density at radius 3 is 0.881 bits per heavy atom. The van der Waals surface area contributed by atoms with Crippen LogP contribution in [0, 0.1) is 0 Å². The monoisotopic (exact) mass is 890 g/mol. The molecular formula is C64H62N2S. The molecule has 0 atom stereocenters. The summed E-state index contributed by atoms with van der Waals surface area (Å²) < 4.78 is 7.55. The molecule has 0 aliphatic heterocycles. The van der Waals surface area contributed by atoms with Crippen molar-refractivity contribution >= 4 is 75.1 Å². The van der Waals surface area contributed by atoms with Crippen molar-refractivity contribution in [2.45, 2.75) is 105 Å². The van der Waals surface area contributed by atoms with Gasteiger partial charge in [-0.2, -0.15) is 0 Å². The van der Waals surface area contributed by atoms with Crippen LogP contribution in [0.15, 0.2) is 158 Å². The topological polar surface area (TPSA) is 9.86 Å². The molecule has 0 radical (unpaired) electrons. The van der Waals surface area contributed by atoms with Crippen LogP contribution in [0.2, 0.25) is 0 Å². The highest BCUT2D eigenvalue weighted by Gasteiger charge is 2.23. The Hall–Kier alpha value is -6.42. The zero-order valence-corrected chi connectivity index (χ0v) is 42.1. The minimum Gasteiger partial charge on any atom is -0.309 e. The van der Waals surface area contributed by atoms with Gasteiger partial charge in [0.05, 0.1) is 22.1 Å². The Labute approximate surface area is 400 Å². The van der Waals surface area contributed by atoms with Crippen LogP contribution in [-0.2, 0) is 21.7 Å². The minimum absolute atomic E-state index is 0.0565. The van der Waals surface area contributed by atoms with Crippen molar-refractivity contribution in [2.75, 3.05) is 0 Å². The van der Waals surface area contributed by atoms with E-state index in [-0.39, 0.29) is 21.7 Å². The molecule has 3 aromatic heterocycles. The summed E-state index contributed by atoms with van der Waals surface area (Å²) in [7, 11) is 0. The van der Waals surface area contributed by atoms with Gasteiger partial charge in [0.1, 0.15) is 0 Å². The maximum atomic E-state index is 2.47. The van der Waals surface area contributed by atoms with E-state index in [1.165, 1.54) is 120 Å². The number of hydrogen-bond acceptors (Lipinski definition) is 1. The lowest BCUT2D eigenvalue weighted by Crippen LogP contribution is -2.10. The molecule has 0 unspecified atom stereocenters. The third kappa shape index (κ3) is 7.38. The van der Waals surface area contributed by atoms with E-state index in [2.05, 4.69) is 250 Å². The summed E-state index contributed by atoms with van der Waals surface area (Å²) >= 11 is 1.88. The van der Waals surface area contributed by atoms with Crippen molar-refractivity contribution in [2.24, 2.45) is 0 Å². The van der Waals surface area contributed by atoms with Crippen molar-refractivity contribution in [1.29, 1.82) is 0 Å². The molecule has 11 aromatic rings. The van der Waals surface area contributed by atoms with Crippen molar-refractivity contribution in [1.82, 2.24) is 9.13 Å². The molecule has 3 heterocycles. The second kappa shape index (κ2) is 15.0. The van der Waals surface area contributed by atoms with Crippen molar-refractivity contribution in [3.05, 3.63) is 180 Å². The quantitative estimate of drug-likeness (QED) is 0.167. The largest absolute Gasteiger partial charge is 0.309 e. The summed E-state index contributed by atoms with van der Waals surface area (Å²) in [4.78, 5) is 0. The summed E-state index contributed by atoms with van der Waals surface area (Å²) in [5, 5.41) is 7.84. The van der Waals surface area contributed by atoms with Crippen LogP contribution < -0.4 is 0 Å². The van der Waals surface area contributed by atoms with Crippen LogP contribution in [0.4, 0.5) is 0 Å². The summed E-state index contributed by atoms with van der Waals surface area (Å²) in [5.41, 5.74) is 17.8. The number of hydrogen-bond donors (Lipinski definition) is 0. The van der Waals surface area contributed by atoms with E-state index >= 15 is 0 Å². The zero-order chi connectivity index (χ0) is 46.9. The van der Waals surface area contributed by atoms with Crippen LogP contribution in [0.5, 0.6) is 0 Å². The Kier molecular flexibility index (Phi) is 9.69. The van der Waals surface area contributed by atoms with E-state index in [4.69, 9.17) is 0 Å². The van der Waals surface area contributed by atoms with Gasteiger partial charge in [-0.3, -0.25) is 0 Å². The van der Waals surface area contributed by atoms with Crippen LogP contribution in [0.25, 0.3) is 97.4 Å². The molecule has 0 spiro atoms. The van der Waals surface area contributed by atoms with Gasteiger partial charge in [-0.15, -0.1) is 11.3 Å². The average molecular weight is 891 g/mol. The SMILES string of the molecule is CC(C)(C)c1ccc2c(c1)c1cc(C(C)(C)C)ccc1n2-c1cccc(-c2ccc3sc4ccc(-c5cccc(-n6c7ccc(C(C)(C)C)cc7c7cc(C(C)(C)C)ccc76)c5)cc4c3c2)c1. The Morgan fingerprint density at radius 1 is 0.284 bits per heavy atom. The molecule has 0 bridgehead atoms. The highest BCUT2D eigenvalue weighted by atomic mass is 32.1. The molecule has 0 N–H and O–H groups in total. The normalized spacial score (nSPS) is 13.1. The Bertz CT molecular complexity index is 3390. The molecule has 0 fully saturated rings. The maximum Gasteiger partial charge on any atom is 0.0541 e. The fraction of sp³-hybridized carbons (Fsp3) is 0.250. The molecule has 67 heavy (non-hydrogen) atoms. The Balaban J connectivity index is 1.01. The van der Waals surface area contributed by atoms with E-state index in [0.29, 0.717) is 0 Å². The first kappa shape index (κ1) is 43.2.